The monoisotopic (exact) mass is 253 g/mol. The van der Waals surface area contributed by atoms with E-state index in [0.717, 1.165) is 19.1 Å². The lowest BCUT2D eigenvalue weighted by atomic mass is 9.80. The molecule has 0 bridgehead atoms. The normalized spacial score (nSPS) is 31.7. The summed E-state index contributed by atoms with van der Waals surface area (Å²) in [5.74, 6) is 0.939. The summed E-state index contributed by atoms with van der Waals surface area (Å²) in [4.78, 5) is 0. The molecule has 106 valence electrons. The zero-order chi connectivity index (χ0) is 12.8. The van der Waals surface area contributed by atoms with Gasteiger partial charge in [-0.3, -0.25) is 0 Å². The molecule has 2 rings (SSSR count). The van der Waals surface area contributed by atoms with Gasteiger partial charge in [0.2, 0.25) is 0 Å². The van der Waals surface area contributed by atoms with Gasteiger partial charge in [0.1, 0.15) is 0 Å². The second kappa shape index (κ2) is 6.91. The van der Waals surface area contributed by atoms with Crippen LogP contribution < -0.4 is 5.32 Å². The van der Waals surface area contributed by atoms with E-state index in [2.05, 4.69) is 19.2 Å². The summed E-state index contributed by atoms with van der Waals surface area (Å²) in [6.45, 7) is 6.68. The molecular weight excluding hydrogens is 222 g/mol. The van der Waals surface area contributed by atoms with Gasteiger partial charge in [-0.2, -0.15) is 0 Å². The van der Waals surface area contributed by atoms with E-state index in [0.29, 0.717) is 6.04 Å². The lowest BCUT2D eigenvalue weighted by molar-refractivity contribution is -0.0194. The summed E-state index contributed by atoms with van der Waals surface area (Å²) >= 11 is 0. The first kappa shape index (κ1) is 14.3. The standard InChI is InChI=1S/C16H31NO/c1-3-11-17-15(16(2)10-7-12-18-16)13-14-8-5-4-6-9-14/h14-15,17H,3-13H2,1-2H3. The molecule has 1 saturated heterocycles. The average molecular weight is 253 g/mol. The third-order valence-electron chi connectivity index (χ3n) is 4.92. The summed E-state index contributed by atoms with van der Waals surface area (Å²) < 4.78 is 6.08. The quantitative estimate of drug-likeness (QED) is 0.775. The van der Waals surface area contributed by atoms with Gasteiger partial charge in [-0.05, 0) is 45.1 Å². The number of nitrogens with one attached hydrogen (secondary N) is 1. The fraction of sp³-hybridized carbons (Fsp3) is 1.00. The Labute approximate surface area is 113 Å². The van der Waals surface area contributed by atoms with Crippen LogP contribution in [0.5, 0.6) is 0 Å². The van der Waals surface area contributed by atoms with Crippen LogP contribution in [0.25, 0.3) is 0 Å². The Hall–Kier alpha value is -0.0800. The topological polar surface area (TPSA) is 21.3 Å². The van der Waals surface area contributed by atoms with E-state index in [1.54, 1.807) is 0 Å². The summed E-state index contributed by atoms with van der Waals surface area (Å²) in [5.41, 5.74) is 0.104. The SMILES string of the molecule is CCCNC(CC1CCCCC1)C1(C)CCCO1. The predicted molar refractivity (Wildman–Crippen MR) is 76.9 cm³/mol. The molecule has 0 radical (unpaired) electrons. The second-order valence-electron chi connectivity index (χ2n) is 6.51. The number of hydrogen-bond acceptors (Lipinski definition) is 2. The third kappa shape index (κ3) is 3.71. The van der Waals surface area contributed by atoms with Crippen LogP contribution in [0.15, 0.2) is 0 Å². The Kier molecular flexibility index (Phi) is 5.50. The van der Waals surface area contributed by atoms with Gasteiger partial charge >= 0.3 is 0 Å². The first-order valence-electron chi connectivity index (χ1n) is 8.12. The lowest BCUT2D eigenvalue weighted by Gasteiger charge is -2.37. The highest BCUT2D eigenvalue weighted by Gasteiger charge is 2.39. The lowest BCUT2D eigenvalue weighted by Crippen LogP contribution is -2.49. The van der Waals surface area contributed by atoms with Gasteiger partial charge in [0.25, 0.3) is 0 Å². The molecule has 2 atom stereocenters. The highest BCUT2D eigenvalue weighted by Crippen LogP contribution is 2.35. The summed E-state index contributed by atoms with van der Waals surface area (Å²) in [6, 6.07) is 0.572. The predicted octanol–water partition coefficient (Wildman–Crippen LogP) is 3.89. The summed E-state index contributed by atoms with van der Waals surface area (Å²) in [6.07, 6.45) is 12.3. The number of hydrogen-bond donors (Lipinski definition) is 1. The molecule has 2 unspecified atom stereocenters. The first-order valence-corrected chi connectivity index (χ1v) is 8.12. The Balaban J connectivity index is 1.90. The van der Waals surface area contributed by atoms with E-state index in [1.807, 2.05) is 0 Å². The Morgan fingerprint density at radius 2 is 2.00 bits per heavy atom. The van der Waals surface area contributed by atoms with Crippen LogP contribution in [-0.2, 0) is 4.74 Å². The van der Waals surface area contributed by atoms with Crippen molar-refractivity contribution in [2.45, 2.75) is 83.3 Å². The fourth-order valence-electron chi connectivity index (χ4n) is 3.70. The Morgan fingerprint density at radius 3 is 2.61 bits per heavy atom. The molecule has 2 aliphatic rings. The van der Waals surface area contributed by atoms with Crippen LogP contribution in [0.1, 0.15) is 71.6 Å². The molecule has 1 N–H and O–H groups in total. The van der Waals surface area contributed by atoms with Crippen molar-refractivity contribution in [1.82, 2.24) is 5.32 Å². The van der Waals surface area contributed by atoms with Crippen molar-refractivity contribution in [3.63, 3.8) is 0 Å². The maximum atomic E-state index is 6.08. The molecule has 1 saturated carbocycles. The molecule has 2 nitrogen and oxygen atoms in total. The molecule has 0 aromatic carbocycles. The van der Waals surface area contributed by atoms with Crippen LogP contribution in [0.3, 0.4) is 0 Å². The van der Waals surface area contributed by atoms with Gasteiger partial charge in [0.05, 0.1) is 5.60 Å². The first-order chi connectivity index (χ1) is 8.74. The molecule has 0 aromatic heterocycles. The summed E-state index contributed by atoms with van der Waals surface area (Å²) in [7, 11) is 0. The smallest absolute Gasteiger partial charge is 0.0807 e. The van der Waals surface area contributed by atoms with Crippen LogP contribution in [-0.4, -0.2) is 24.8 Å². The molecule has 0 spiro atoms. The van der Waals surface area contributed by atoms with Crippen LogP contribution >= 0.6 is 0 Å². The second-order valence-corrected chi connectivity index (χ2v) is 6.51. The van der Waals surface area contributed by atoms with Crippen molar-refractivity contribution in [1.29, 1.82) is 0 Å². The van der Waals surface area contributed by atoms with Crippen LogP contribution in [0.4, 0.5) is 0 Å². The molecule has 2 heteroatoms. The molecule has 0 amide bonds. The van der Waals surface area contributed by atoms with Gasteiger partial charge in [-0.15, -0.1) is 0 Å². The largest absolute Gasteiger partial charge is 0.374 e. The van der Waals surface area contributed by atoms with E-state index in [1.165, 1.54) is 57.8 Å². The van der Waals surface area contributed by atoms with Gasteiger partial charge < -0.3 is 10.1 Å². The van der Waals surface area contributed by atoms with E-state index >= 15 is 0 Å². The number of ether oxygens (including phenoxy) is 1. The molecule has 1 aliphatic carbocycles. The van der Waals surface area contributed by atoms with Crippen molar-refractivity contribution in [3.8, 4) is 0 Å². The van der Waals surface area contributed by atoms with E-state index in [-0.39, 0.29) is 5.60 Å². The van der Waals surface area contributed by atoms with Crippen molar-refractivity contribution in [3.05, 3.63) is 0 Å². The highest BCUT2D eigenvalue weighted by molar-refractivity contribution is 4.94. The maximum absolute atomic E-state index is 6.08. The number of rotatable bonds is 6. The Morgan fingerprint density at radius 1 is 1.22 bits per heavy atom. The van der Waals surface area contributed by atoms with Gasteiger partial charge in [0.15, 0.2) is 0 Å². The van der Waals surface area contributed by atoms with E-state index in [4.69, 9.17) is 4.74 Å². The third-order valence-corrected chi connectivity index (χ3v) is 4.92. The zero-order valence-corrected chi connectivity index (χ0v) is 12.3. The average Bonchev–Trinajstić information content (AvgIpc) is 2.84. The van der Waals surface area contributed by atoms with Crippen LogP contribution in [0, 0.1) is 5.92 Å². The minimum atomic E-state index is 0.104. The van der Waals surface area contributed by atoms with E-state index in [9.17, 15) is 0 Å². The zero-order valence-electron chi connectivity index (χ0n) is 12.3. The van der Waals surface area contributed by atoms with Crippen LogP contribution in [0.2, 0.25) is 0 Å². The van der Waals surface area contributed by atoms with Crippen molar-refractivity contribution in [2.24, 2.45) is 5.92 Å². The van der Waals surface area contributed by atoms with Crippen molar-refractivity contribution < 1.29 is 4.74 Å². The molecule has 1 heterocycles. The van der Waals surface area contributed by atoms with Crippen molar-refractivity contribution in [2.75, 3.05) is 13.2 Å². The maximum Gasteiger partial charge on any atom is 0.0807 e. The molecule has 0 aromatic rings. The van der Waals surface area contributed by atoms with Gasteiger partial charge in [-0.25, -0.2) is 0 Å². The van der Waals surface area contributed by atoms with Crippen molar-refractivity contribution >= 4 is 0 Å². The highest BCUT2D eigenvalue weighted by atomic mass is 16.5. The summed E-state index contributed by atoms with van der Waals surface area (Å²) in [5, 5.41) is 3.77. The van der Waals surface area contributed by atoms with Gasteiger partial charge in [-0.1, -0.05) is 39.0 Å². The minimum absolute atomic E-state index is 0.104. The van der Waals surface area contributed by atoms with E-state index < -0.39 is 0 Å². The van der Waals surface area contributed by atoms with Gasteiger partial charge in [0, 0.05) is 12.6 Å². The fourth-order valence-corrected chi connectivity index (χ4v) is 3.70. The minimum Gasteiger partial charge on any atom is -0.374 e. The molecule has 18 heavy (non-hydrogen) atoms. The molecule has 2 fully saturated rings. The Bertz CT molecular complexity index is 229. The molecule has 1 aliphatic heterocycles. The molecular formula is C16H31NO.